The Morgan fingerprint density at radius 2 is 1.87 bits per heavy atom. The van der Waals surface area contributed by atoms with Gasteiger partial charge in [0.1, 0.15) is 0 Å². The second-order valence-corrected chi connectivity index (χ2v) is 6.47. The largest absolute Gasteiger partial charge is 0.343 e. The fourth-order valence-electron chi connectivity index (χ4n) is 3.34. The lowest BCUT2D eigenvalue weighted by atomic mass is 9.90. The van der Waals surface area contributed by atoms with E-state index >= 15 is 0 Å². The van der Waals surface area contributed by atoms with Crippen LogP contribution in [-0.4, -0.2) is 28.9 Å². The molecule has 1 aliphatic heterocycles. The van der Waals surface area contributed by atoms with E-state index in [0.717, 1.165) is 44.5 Å². The average molecular weight is 308 g/mol. The number of rotatable bonds is 4. The maximum atomic E-state index is 11.4. The molecule has 0 radical (unpaired) electrons. The lowest BCUT2D eigenvalue weighted by Crippen LogP contribution is -2.37. The number of hydrogen-bond acceptors (Lipinski definition) is 2. The van der Waals surface area contributed by atoms with Gasteiger partial charge in [-0.15, -0.1) is 0 Å². The predicted octanol–water partition coefficient (Wildman–Crippen LogP) is 3.47. The third-order valence-corrected chi connectivity index (χ3v) is 4.69. The van der Waals surface area contributed by atoms with Crippen molar-refractivity contribution in [3.05, 3.63) is 65.5 Å². The molecule has 120 valence electrons. The van der Waals surface area contributed by atoms with E-state index in [1.807, 2.05) is 17.2 Å². The van der Waals surface area contributed by atoms with Gasteiger partial charge in [0.15, 0.2) is 0 Å². The fourth-order valence-corrected chi connectivity index (χ4v) is 3.34. The molecule has 0 spiro atoms. The van der Waals surface area contributed by atoms with Crippen LogP contribution in [0, 0.1) is 5.92 Å². The Balaban J connectivity index is 1.59. The van der Waals surface area contributed by atoms with Crippen LogP contribution in [0.15, 0.2) is 48.7 Å². The number of amides is 1. The molecule has 1 aromatic carbocycles. The van der Waals surface area contributed by atoms with Crippen LogP contribution in [0.3, 0.4) is 0 Å². The van der Waals surface area contributed by atoms with Gasteiger partial charge in [0.05, 0.1) is 0 Å². The summed E-state index contributed by atoms with van der Waals surface area (Å²) in [5, 5.41) is 0. The molecule has 0 bridgehead atoms. The molecule has 3 heteroatoms. The molecule has 0 aliphatic carbocycles. The highest BCUT2D eigenvalue weighted by atomic mass is 16.2. The number of carbonyl (C=O) groups excluding carboxylic acids is 1. The van der Waals surface area contributed by atoms with E-state index in [9.17, 15) is 4.79 Å². The number of likely N-dealkylation sites (tertiary alicyclic amines) is 1. The molecule has 1 aliphatic rings. The van der Waals surface area contributed by atoms with Crippen molar-refractivity contribution in [1.82, 2.24) is 9.88 Å². The summed E-state index contributed by atoms with van der Waals surface area (Å²) in [5.41, 5.74) is 3.80. The smallest absolute Gasteiger partial charge is 0.219 e. The topological polar surface area (TPSA) is 33.2 Å². The molecule has 0 N–H and O–H groups in total. The minimum atomic E-state index is 0.206. The minimum absolute atomic E-state index is 0.206. The summed E-state index contributed by atoms with van der Waals surface area (Å²) in [5.74, 6) is 0.884. The van der Waals surface area contributed by atoms with E-state index in [4.69, 9.17) is 0 Å². The normalized spacial score (nSPS) is 15.6. The van der Waals surface area contributed by atoms with Crippen molar-refractivity contribution < 1.29 is 4.79 Å². The molecule has 1 saturated heterocycles. The van der Waals surface area contributed by atoms with E-state index in [-0.39, 0.29) is 5.91 Å². The Morgan fingerprint density at radius 1 is 1.13 bits per heavy atom. The predicted molar refractivity (Wildman–Crippen MR) is 92.2 cm³/mol. The third-order valence-electron chi connectivity index (χ3n) is 4.69. The van der Waals surface area contributed by atoms with E-state index in [2.05, 4.69) is 41.4 Å². The van der Waals surface area contributed by atoms with Gasteiger partial charge in [-0.1, -0.05) is 30.3 Å². The summed E-state index contributed by atoms with van der Waals surface area (Å²) in [4.78, 5) is 17.9. The van der Waals surface area contributed by atoms with Crippen molar-refractivity contribution in [1.29, 1.82) is 0 Å². The lowest BCUT2D eigenvalue weighted by molar-refractivity contribution is -0.130. The molecule has 1 fully saturated rings. The maximum absolute atomic E-state index is 11.4. The second-order valence-electron chi connectivity index (χ2n) is 6.47. The van der Waals surface area contributed by atoms with Crippen LogP contribution >= 0.6 is 0 Å². The molecule has 3 nitrogen and oxygen atoms in total. The van der Waals surface area contributed by atoms with E-state index in [1.54, 1.807) is 6.92 Å². The highest BCUT2D eigenvalue weighted by Gasteiger charge is 2.20. The summed E-state index contributed by atoms with van der Waals surface area (Å²) in [6.07, 6.45) is 6.12. The van der Waals surface area contributed by atoms with Crippen LogP contribution in [0.25, 0.3) is 0 Å². The van der Waals surface area contributed by atoms with Crippen molar-refractivity contribution >= 4 is 5.91 Å². The van der Waals surface area contributed by atoms with Crippen molar-refractivity contribution in [3.63, 3.8) is 0 Å². The van der Waals surface area contributed by atoms with Gasteiger partial charge in [-0.25, -0.2) is 0 Å². The molecule has 0 saturated carbocycles. The number of hydrogen-bond donors (Lipinski definition) is 0. The van der Waals surface area contributed by atoms with Gasteiger partial charge >= 0.3 is 0 Å². The number of pyridine rings is 1. The number of nitrogens with zero attached hydrogens (tertiary/aromatic N) is 2. The SMILES string of the molecule is CC(=O)N1CCC(Cc2ccnc(Cc3ccccc3)c2)CC1. The Morgan fingerprint density at radius 3 is 2.57 bits per heavy atom. The Kier molecular flexibility index (Phi) is 5.06. The Hall–Kier alpha value is -2.16. The molecular weight excluding hydrogens is 284 g/mol. The molecule has 2 heterocycles. The first-order valence-corrected chi connectivity index (χ1v) is 8.44. The molecule has 3 rings (SSSR count). The fraction of sp³-hybridized carbons (Fsp3) is 0.400. The van der Waals surface area contributed by atoms with Crippen molar-refractivity contribution in [2.24, 2.45) is 5.92 Å². The number of aromatic nitrogens is 1. The number of piperidine rings is 1. The molecule has 0 unspecified atom stereocenters. The third kappa shape index (κ3) is 4.41. The van der Waals surface area contributed by atoms with Gasteiger partial charge in [0, 0.05) is 38.3 Å². The summed E-state index contributed by atoms with van der Waals surface area (Å²) in [7, 11) is 0. The molecule has 0 atom stereocenters. The van der Waals surface area contributed by atoms with Crippen molar-refractivity contribution in [2.45, 2.75) is 32.6 Å². The van der Waals surface area contributed by atoms with Crippen molar-refractivity contribution in [2.75, 3.05) is 13.1 Å². The zero-order chi connectivity index (χ0) is 16.1. The van der Waals surface area contributed by atoms with E-state index in [1.165, 1.54) is 11.1 Å². The zero-order valence-corrected chi connectivity index (χ0v) is 13.7. The van der Waals surface area contributed by atoms with Crippen LogP contribution in [0.4, 0.5) is 0 Å². The number of benzene rings is 1. The maximum Gasteiger partial charge on any atom is 0.219 e. The minimum Gasteiger partial charge on any atom is -0.343 e. The molecule has 1 aromatic heterocycles. The first kappa shape index (κ1) is 15.7. The van der Waals surface area contributed by atoms with Crippen LogP contribution < -0.4 is 0 Å². The highest BCUT2D eigenvalue weighted by Crippen LogP contribution is 2.22. The number of carbonyl (C=O) groups is 1. The van der Waals surface area contributed by atoms with Crippen LogP contribution in [0.5, 0.6) is 0 Å². The summed E-state index contributed by atoms with van der Waals surface area (Å²) in [6, 6.07) is 14.8. The quantitative estimate of drug-likeness (QED) is 0.866. The summed E-state index contributed by atoms with van der Waals surface area (Å²) in [6.45, 7) is 3.48. The lowest BCUT2D eigenvalue weighted by Gasteiger charge is -2.31. The zero-order valence-electron chi connectivity index (χ0n) is 13.7. The van der Waals surface area contributed by atoms with Gasteiger partial charge in [-0.3, -0.25) is 9.78 Å². The van der Waals surface area contributed by atoms with Crippen LogP contribution in [0.1, 0.15) is 36.6 Å². The Labute approximate surface area is 138 Å². The standard InChI is InChI=1S/C20H24N2O/c1-16(23)22-11-8-18(9-12-22)13-19-7-10-21-20(15-19)14-17-5-3-2-4-6-17/h2-7,10,15,18H,8-9,11-14H2,1H3. The van der Waals surface area contributed by atoms with Crippen molar-refractivity contribution in [3.8, 4) is 0 Å². The van der Waals surface area contributed by atoms with Gasteiger partial charge in [0.25, 0.3) is 0 Å². The monoisotopic (exact) mass is 308 g/mol. The summed E-state index contributed by atoms with van der Waals surface area (Å²) >= 11 is 0. The second kappa shape index (κ2) is 7.40. The van der Waals surface area contributed by atoms with Gasteiger partial charge in [-0.05, 0) is 48.4 Å². The molecular formula is C20H24N2O. The first-order valence-electron chi connectivity index (χ1n) is 8.44. The molecule has 2 aromatic rings. The van der Waals surface area contributed by atoms with Crippen LogP contribution in [0.2, 0.25) is 0 Å². The van der Waals surface area contributed by atoms with Gasteiger partial charge in [0.2, 0.25) is 5.91 Å². The van der Waals surface area contributed by atoms with E-state index in [0.29, 0.717) is 5.92 Å². The molecule has 23 heavy (non-hydrogen) atoms. The Bertz CT molecular complexity index is 646. The van der Waals surface area contributed by atoms with Gasteiger partial charge in [-0.2, -0.15) is 0 Å². The highest BCUT2D eigenvalue weighted by molar-refractivity contribution is 5.73. The average Bonchev–Trinajstić information content (AvgIpc) is 2.57. The van der Waals surface area contributed by atoms with E-state index < -0.39 is 0 Å². The first-order chi connectivity index (χ1) is 11.2. The summed E-state index contributed by atoms with van der Waals surface area (Å²) < 4.78 is 0. The van der Waals surface area contributed by atoms with Crippen LogP contribution in [-0.2, 0) is 17.6 Å². The van der Waals surface area contributed by atoms with Gasteiger partial charge < -0.3 is 4.90 Å². The molecule has 1 amide bonds.